The molecule has 4 nitrogen and oxygen atoms in total. The van der Waals surface area contributed by atoms with Gasteiger partial charge in [-0.3, -0.25) is 0 Å². The Morgan fingerprint density at radius 2 is 1.24 bits per heavy atom. The maximum Gasteiger partial charge on any atom is 0.276 e. The lowest BCUT2D eigenvalue weighted by atomic mass is 10.0. The summed E-state index contributed by atoms with van der Waals surface area (Å²) >= 11 is 0. The van der Waals surface area contributed by atoms with E-state index < -0.39 is 10.2 Å². The van der Waals surface area contributed by atoms with Gasteiger partial charge in [-0.1, -0.05) is 51.4 Å². The molecular formula is C12H26N2O2S. The van der Waals surface area contributed by atoms with Gasteiger partial charge in [0.1, 0.15) is 0 Å². The van der Waals surface area contributed by atoms with E-state index in [1.807, 2.05) is 0 Å². The van der Waals surface area contributed by atoms with Crippen LogP contribution in [0.5, 0.6) is 0 Å². The summed E-state index contributed by atoms with van der Waals surface area (Å²) in [5.74, 6) is 0. The Morgan fingerprint density at radius 1 is 0.824 bits per heavy atom. The Hall–Kier alpha value is -0.130. The van der Waals surface area contributed by atoms with E-state index in [1.54, 1.807) is 0 Å². The molecule has 0 saturated heterocycles. The molecule has 5 heteroatoms. The third-order valence-electron chi connectivity index (χ3n) is 3.45. The largest absolute Gasteiger partial charge is 0.276 e. The minimum absolute atomic E-state index is 0.116. The van der Waals surface area contributed by atoms with Crippen LogP contribution in [0.2, 0.25) is 0 Å². The molecule has 0 heterocycles. The molecule has 0 unspecified atom stereocenters. The monoisotopic (exact) mass is 262 g/mol. The molecule has 0 bridgehead atoms. The average Bonchev–Trinajstić information content (AvgIpc) is 2.35. The summed E-state index contributed by atoms with van der Waals surface area (Å²) in [6, 6.07) is 0.116. The summed E-state index contributed by atoms with van der Waals surface area (Å²) < 4.78 is 28.0. The third kappa shape index (κ3) is 7.01. The third-order valence-corrected chi connectivity index (χ3v) is 4.63. The van der Waals surface area contributed by atoms with Gasteiger partial charge < -0.3 is 0 Å². The minimum atomic E-state index is -3.28. The van der Waals surface area contributed by atoms with Crippen molar-refractivity contribution in [2.24, 2.45) is 0 Å². The van der Waals surface area contributed by atoms with Crippen LogP contribution in [0.1, 0.15) is 64.2 Å². The van der Waals surface area contributed by atoms with Gasteiger partial charge in [-0.15, -0.1) is 0 Å². The van der Waals surface area contributed by atoms with Crippen LogP contribution in [0.15, 0.2) is 0 Å². The van der Waals surface area contributed by atoms with E-state index in [4.69, 9.17) is 0 Å². The second-order valence-electron chi connectivity index (χ2n) is 4.93. The van der Waals surface area contributed by atoms with Crippen LogP contribution in [0.3, 0.4) is 0 Å². The highest BCUT2D eigenvalue weighted by atomic mass is 32.2. The molecule has 2 N–H and O–H groups in total. The predicted molar refractivity (Wildman–Crippen MR) is 71.1 cm³/mol. The second-order valence-corrected chi connectivity index (χ2v) is 6.58. The van der Waals surface area contributed by atoms with Crippen molar-refractivity contribution >= 4 is 10.2 Å². The summed E-state index contributed by atoms with van der Waals surface area (Å²) in [5.41, 5.74) is 0. The first-order valence-electron chi connectivity index (χ1n) is 6.85. The average molecular weight is 262 g/mol. The maximum atomic E-state index is 11.5. The first-order valence-corrected chi connectivity index (χ1v) is 8.33. The van der Waals surface area contributed by atoms with Gasteiger partial charge in [0, 0.05) is 13.1 Å². The van der Waals surface area contributed by atoms with Crippen LogP contribution < -0.4 is 9.44 Å². The van der Waals surface area contributed by atoms with E-state index in [0.717, 1.165) is 25.7 Å². The molecule has 1 fully saturated rings. The quantitative estimate of drug-likeness (QED) is 0.820. The van der Waals surface area contributed by atoms with Crippen LogP contribution >= 0.6 is 0 Å². The molecule has 0 spiro atoms. The molecule has 1 aliphatic rings. The minimum Gasteiger partial charge on any atom is -0.205 e. The van der Waals surface area contributed by atoms with Gasteiger partial charge in [-0.05, 0) is 12.8 Å². The lowest BCUT2D eigenvalue weighted by molar-refractivity contribution is 0.465. The number of hydrogen-bond acceptors (Lipinski definition) is 2. The van der Waals surface area contributed by atoms with Crippen molar-refractivity contribution in [2.75, 3.05) is 7.05 Å². The van der Waals surface area contributed by atoms with Gasteiger partial charge in [0.15, 0.2) is 0 Å². The van der Waals surface area contributed by atoms with E-state index in [9.17, 15) is 8.42 Å². The lowest BCUT2D eigenvalue weighted by Gasteiger charge is -2.17. The highest BCUT2D eigenvalue weighted by Crippen LogP contribution is 2.17. The molecule has 0 atom stereocenters. The van der Waals surface area contributed by atoms with Crippen molar-refractivity contribution in [3.63, 3.8) is 0 Å². The maximum absolute atomic E-state index is 11.5. The zero-order chi connectivity index (χ0) is 12.6. The van der Waals surface area contributed by atoms with Crippen LogP contribution in [-0.2, 0) is 10.2 Å². The molecule has 0 amide bonds. The van der Waals surface area contributed by atoms with E-state index in [2.05, 4.69) is 9.44 Å². The van der Waals surface area contributed by atoms with Crippen LogP contribution in [0, 0.1) is 0 Å². The van der Waals surface area contributed by atoms with E-state index in [1.165, 1.54) is 45.6 Å². The molecular weight excluding hydrogens is 236 g/mol. The zero-order valence-corrected chi connectivity index (χ0v) is 11.7. The summed E-state index contributed by atoms with van der Waals surface area (Å²) in [6.45, 7) is 0. The lowest BCUT2D eigenvalue weighted by Crippen LogP contribution is -2.41. The molecule has 0 aliphatic heterocycles. The molecule has 17 heavy (non-hydrogen) atoms. The molecule has 102 valence electrons. The Kier molecular flexibility index (Phi) is 7.08. The van der Waals surface area contributed by atoms with Crippen molar-refractivity contribution < 1.29 is 8.42 Å². The smallest absolute Gasteiger partial charge is 0.205 e. The fraction of sp³-hybridized carbons (Fsp3) is 1.00. The van der Waals surface area contributed by atoms with Gasteiger partial charge in [0.05, 0.1) is 0 Å². The molecule has 0 aromatic heterocycles. The normalized spacial score (nSPS) is 21.9. The molecule has 1 aliphatic carbocycles. The summed E-state index contributed by atoms with van der Waals surface area (Å²) in [5, 5.41) is 0. The first kappa shape index (κ1) is 14.9. The van der Waals surface area contributed by atoms with Gasteiger partial charge in [-0.25, -0.2) is 4.72 Å². The van der Waals surface area contributed by atoms with Crippen molar-refractivity contribution in [2.45, 2.75) is 70.3 Å². The number of hydrogen-bond donors (Lipinski definition) is 2. The summed E-state index contributed by atoms with van der Waals surface area (Å²) in [4.78, 5) is 0. The van der Waals surface area contributed by atoms with E-state index in [-0.39, 0.29) is 6.04 Å². The standard InChI is InChI=1S/C12H26N2O2S/c1-13-17(15,16)14-12-10-8-6-4-2-3-5-7-9-11-12/h12-14H,2-11H2,1H3. The van der Waals surface area contributed by atoms with Crippen LogP contribution in [-0.4, -0.2) is 21.5 Å². The van der Waals surface area contributed by atoms with Crippen molar-refractivity contribution in [3.05, 3.63) is 0 Å². The predicted octanol–water partition coefficient (Wildman–Crippen LogP) is 2.32. The highest BCUT2D eigenvalue weighted by Gasteiger charge is 2.15. The fourth-order valence-electron chi connectivity index (χ4n) is 2.38. The topological polar surface area (TPSA) is 58.2 Å². The van der Waals surface area contributed by atoms with Gasteiger partial charge in [-0.2, -0.15) is 13.1 Å². The van der Waals surface area contributed by atoms with Gasteiger partial charge in [0.25, 0.3) is 10.2 Å². The molecule has 0 aromatic carbocycles. The van der Waals surface area contributed by atoms with Gasteiger partial charge in [0.2, 0.25) is 0 Å². The molecule has 1 saturated carbocycles. The van der Waals surface area contributed by atoms with Crippen LogP contribution in [0.25, 0.3) is 0 Å². The summed E-state index contributed by atoms with van der Waals surface area (Å²) in [6.07, 6.45) is 12.0. The SMILES string of the molecule is CNS(=O)(=O)NC1CCCCCCCCCC1. The second kappa shape index (κ2) is 8.06. The molecule has 0 aromatic rings. The molecule has 0 radical (unpaired) electrons. The number of rotatable bonds is 3. The van der Waals surface area contributed by atoms with E-state index >= 15 is 0 Å². The fourth-order valence-corrected chi connectivity index (χ4v) is 3.18. The van der Waals surface area contributed by atoms with Crippen molar-refractivity contribution in [1.29, 1.82) is 0 Å². The Morgan fingerprint density at radius 3 is 1.65 bits per heavy atom. The Balaban J connectivity index is 2.42. The first-order chi connectivity index (χ1) is 8.14. The van der Waals surface area contributed by atoms with E-state index in [0.29, 0.717) is 0 Å². The number of nitrogens with one attached hydrogen (secondary N) is 2. The molecule has 1 rings (SSSR count). The Bertz CT molecular complexity index is 279. The Labute approximate surface area is 106 Å². The zero-order valence-electron chi connectivity index (χ0n) is 10.9. The highest BCUT2D eigenvalue weighted by molar-refractivity contribution is 7.87. The van der Waals surface area contributed by atoms with Gasteiger partial charge >= 0.3 is 0 Å². The van der Waals surface area contributed by atoms with Crippen molar-refractivity contribution in [1.82, 2.24) is 9.44 Å². The summed E-state index contributed by atoms with van der Waals surface area (Å²) in [7, 11) is -1.83. The van der Waals surface area contributed by atoms with Crippen LogP contribution in [0.4, 0.5) is 0 Å². The van der Waals surface area contributed by atoms with Crippen molar-refractivity contribution in [3.8, 4) is 0 Å².